The molecule has 1 aliphatic rings. The molecule has 0 aromatic heterocycles. The second-order valence-electron chi connectivity index (χ2n) is 3.80. The lowest BCUT2D eigenvalue weighted by molar-refractivity contribution is 0.124. The highest BCUT2D eigenvalue weighted by Crippen LogP contribution is 2.25. The monoisotopic (exact) mass is 143 g/mol. The molecule has 2 N–H and O–H groups in total. The summed E-state index contributed by atoms with van der Waals surface area (Å²) in [4.78, 5) is 0. The van der Waals surface area contributed by atoms with Crippen LogP contribution in [0.5, 0.6) is 0 Å². The van der Waals surface area contributed by atoms with Crippen molar-refractivity contribution in [1.29, 1.82) is 0 Å². The minimum Gasteiger partial charge on any atom is -0.396 e. The summed E-state index contributed by atoms with van der Waals surface area (Å²) in [5.41, 5.74) is 0.0660. The van der Waals surface area contributed by atoms with Crippen LogP contribution in [0.15, 0.2) is 0 Å². The minimum atomic E-state index is 0.0660. The molecule has 0 aromatic carbocycles. The Kier molecular flexibility index (Phi) is 2.32. The summed E-state index contributed by atoms with van der Waals surface area (Å²) in [5.74, 6) is 0. The quantitative estimate of drug-likeness (QED) is 0.598. The van der Waals surface area contributed by atoms with E-state index in [0.717, 1.165) is 6.54 Å². The van der Waals surface area contributed by atoms with Gasteiger partial charge in [-0.2, -0.15) is 0 Å². The second kappa shape index (κ2) is 2.89. The first-order valence-electron chi connectivity index (χ1n) is 4.01. The van der Waals surface area contributed by atoms with E-state index in [9.17, 15) is 0 Å². The maximum absolute atomic E-state index is 9.01. The maximum Gasteiger partial charge on any atom is 0.0497 e. The van der Waals surface area contributed by atoms with Crippen LogP contribution in [0.25, 0.3) is 0 Å². The molecule has 0 aliphatic carbocycles. The molecule has 1 fully saturated rings. The van der Waals surface area contributed by atoms with Crippen LogP contribution in [-0.4, -0.2) is 24.3 Å². The van der Waals surface area contributed by atoms with Gasteiger partial charge in [0.15, 0.2) is 0 Å². The Balaban J connectivity index is 2.45. The smallest absolute Gasteiger partial charge is 0.0497 e. The predicted octanol–water partition coefficient (Wildman–Crippen LogP) is 0.757. The van der Waals surface area contributed by atoms with Gasteiger partial charge in [0.25, 0.3) is 0 Å². The van der Waals surface area contributed by atoms with Crippen LogP contribution in [-0.2, 0) is 0 Å². The molecule has 0 saturated carbocycles. The molecule has 0 bridgehead atoms. The van der Waals surface area contributed by atoms with Gasteiger partial charge in [-0.15, -0.1) is 0 Å². The molecular weight excluding hydrogens is 126 g/mol. The first kappa shape index (κ1) is 8.02. The summed E-state index contributed by atoms with van der Waals surface area (Å²) in [6, 6.07) is 0.525. The third-order valence-electron chi connectivity index (χ3n) is 2.41. The zero-order valence-electron chi connectivity index (χ0n) is 6.85. The van der Waals surface area contributed by atoms with Gasteiger partial charge >= 0.3 is 0 Å². The van der Waals surface area contributed by atoms with Gasteiger partial charge in [0.1, 0.15) is 0 Å². The predicted molar refractivity (Wildman–Crippen MR) is 41.9 cm³/mol. The fourth-order valence-corrected chi connectivity index (χ4v) is 1.46. The van der Waals surface area contributed by atoms with E-state index in [0.29, 0.717) is 6.04 Å². The van der Waals surface area contributed by atoms with Crippen molar-refractivity contribution >= 4 is 0 Å². The molecule has 0 aromatic rings. The molecule has 1 heterocycles. The summed E-state index contributed by atoms with van der Waals surface area (Å²) < 4.78 is 0. The number of hydrogen-bond acceptors (Lipinski definition) is 2. The van der Waals surface area contributed by atoms with Crippen LogP contribution >= 0.6 is 0 Å². The van der Waals surface area contributed by atoms with E-state index in [4.69, 9.17) is 5.11 Å². The molecule has 0 spiro atoms. The molecule has 0 amide bonds. The van der Waals surface area contributed by atoms with Crippen LogP contribution in [0.4, 0.5) is 0 Å². The summed E-state index contributed by atoms with van der Waals surface area (Å²) in [6.07, 6.45) is 2.47. The standard InChI is InChI=1S/C8H17NO/c1-8(2,6-10)7-4-3-5-9-7/h7,9-10H,3-6H2,1-2H3. The SMILES string of the molecule is CC(C)(CO)C1CCCN1. The van der Waals surface area contributed by atoms with Gasteiger partial charge in [-0.1, -0.05) is 13.8 Å². The van der Waals surface area contributed by atoms with E-state index in [-0.39, 0.29) is 12.0 Å². The Bertz CT molecular complexity index is 106. The van der Waals surface area contributed by atoms with Crippen molar-refractivity contribution in [3.05, 3.63) is 0 Å². The largest absolute Gasteiger partial charge is 0.396 e. The lowest BCUT2D eigenvalue weighted by Gasteiger charge is -2.29. The Hall–Kier alpha value is -0.0800. The molecule has 10 heavy (non-hydrogen) atoms. The molecule has 60 valence electrons. The average molecular weight is 143 g/mol. The molecule has 2 nitrogen and oxygen atoms in total. The van der Waals surface area contributed by atoms with Gasteiger partial charge in [0.05, 0.1) is 0 Å². The zero-order chi connectivity index (χ0) is 7.61. The molecule has 1 aliphatic heterocycles. The number of aliphatic hydroxyl groups excluding tert-OH is 1. The van der Waals surface area contributed by atoms with Crippen molar-refractivity contribution in [3.8, 4) is 0 Å². The zero-order valence-corrected chi connectivity index (χ0v) is 6.85. The normalized spacial score (nSPS) is 27.3. The van der Waals surface area contributed by atoms with Gasteiger partial charge in [-0.05, 0) is 19.4 Å². The third-order valence-corrected chi connectivity index (χ3v) is 2.41. The van der Waals surface area contributed by atoms with E-state index in [2.05, 4.69) is 19.2 Å². The van der Waals surface area contributed by atoms with Crippen LogP contribution in [0.1, 0.15) is 26.7 Å². The third kappa shape index (κ3) is 1.50. The summed E-state index contributed by atoms with van der Waals surface area (Å²) >= 11 is 0. The maximum atomic E-state index is 9.01. The summed E-state index contributed by atoms with van der Waals surface area (Å²) in [6.45, 7) is 5.62. The highest BCUT2D eigenvalue weighted by Gasteiger charge is 2.30. The first-order valence-corrected chi connectivity index (χ1v) is 4.01. The number of rotatable bonds is 2. The van der Waals surface area contributed by atoms with E-state index < -0.39 is 0 Å². The Morgan fingerprint density at radius 1 is 1.60 bits per heavy atom. The minimum absolute atomic E-state index is 0.0660. The molecule has 1 unspecified atom stereocenters. The van der Waals surface area contributed by atoms with Gasteiger partial charge in [-0.25, -0.2) is 0 Å². The first-order chi connectivity index (χ1) is 4.67. The van der Waals surface area contributed by atoms with Crippen molar-refractivity contribution in [1.82, 2.24) is 5.32 Å². The number of hydrogen-bond donors (Lipinski definition) is 2. The van der Waals surface area contributed by atoms with Gasteiger partial charge in [0, 0.05) is 18.1 Å². The molecule has 1 rings (SSSR count). The molecule has 1 saturated heterocycles. The van der Waals surface area contributed by atoms with Gasteiger partial charge in [-0.3, -0.25) is 0 Å². The van der Waals surface area contributed by atoms with Gasteiger partial charge in [0.2, 0.25) is 0 Å². The van der Waals surface area contributed by atoms with E-state index in [1.807, 2.05) is 0 Å². The van der Waals surface area contributed by atoms with E-state index >= 15 is 0 Å². The lowest BCUT2D eigenvalue weighted by Crippen LogP contribution is -2.39. The molecule has 2 heteroatoms. The molecule has 1 atom stereocenters. The number of nitrogens with one attached hydrogen (secondary N) is 1. The number of aliphatic hydroxyl groups is 1. The van der Waals surface area contributed by atoms with Crippen LogP contribution in [0.3, 0.4) is 0 Å². The lowest BCUT2D eigenvalue weighted by atomic mass is 9.84. The topological polar surface area (TPSA) is 32.3 Å². The Labute approximate surface area is 62.6 Å². The Morgan fingerprint density at radius 3 is 2.70 bits per heavy atom. The van der Waals surface area contributed by atoms with Crippen molar-refractivity contribution in [3.63, 3.8) is 0 Å². The van der Waals surface area contributed by atoms with Crippen LogP contribution < -0.4 is 5.32 Å². The molecular formula is C8H17NO. The fraction of sp³-hybridized carbons (Fsp3) is 1.00. The fourth-order valence-electron chi connectivity index (χ4n) is 1.46. The Morgan fingerprint density at radius 2 is 2.30 bits per heavy atom. The van der Waals surface area contributed by atoms with Crippen LogP contribution in [0, 0.1) is 5.41 Å². The highest BCUT2D eigenvalue weighted by molar-refractivity contribution is 4.87. The highest BCUT2D eigenvalue weighted by atomic mass is 16.3. The van der Waals surface area contributed by atoms with Crippen LogP contribution in [0.2, 0.25) is 0 Å². The van der Waals surface area contributed by atoms with Gasteiger partial charge < -0.3 is 10.4 Å². The van der Waals surface area contributed by atoms with Crippen molar-refractivity contribution < 1.29 is 5.11 Å². The van der Waals surface area contributed by atoms with Crippen molar-refractivity contribution in [2.24, 2.45) is 5.41 Å². The van der Waals surface area contributed by atoms with Crippen molar-refractivity contribution in [2.45, 2.75) is 32.7 Å². The van der Waals surface area contributed by atoms with E-state index in [1.165, 1.54) is 12.8 Å². The summed E-state index contributed by atoms with van der Waals surface area (Å²) in [5, 5.41) is 12.4. The average Bonchev–Trinajstić information content (AvgIpc) is 2.38. The molecule has 0 radical (unpaired) electrons. The van der Waals surface area contributed by atoms with Crippen molar-refractivity contribution in [2.75, 3.05) is 13.2 Å². The van der Waals surface area contributed by atoms with E-state index in [1.54, 1.807) is 0 Å². The second-order valence-corrected chi connectivity index (χ2v) is 3.80. The summed E-state index contributed by atoms with van der Waals surface area (Å²) in [7, 11) is 0.